The molecule has 1 spiro atoms. The van der Waals surface area contributed by atoms with Crippen LogP contribution >= 0.6 is 11.8 Å². The molecule has 4 heterocycles. The lowest BCUT2D eigenvalue weighted by Gasteiger charge is -2.40. The van der Waals surface area contributed by atoms with E-state index in [-0.39, 0.29) is 42.2 Å². The number of fused-ring (bicyclic) bond motifs is 2. The number of hydrogen-bond acceptors (Lipinski definition) is 6. The van der Waals surface area contributed by atoms with E-state index in [1.807, 2.05) is 43.1 Å². The van der Waals surface area contributed by atoms with Crippen molar-refractivity contribution in [3.8, 4) is 0 Å². The fraction of sp³-hybridized carbons (Fsp3) is 0.720. The highest BCUT2D eigenvalue weighted by Crippen LogP contribution is 2.61. The van der Waals surface area contributed by atoms with Gasteiger partial charge in [-0.25, -0.2) is 0 Å². The number of rotatable bonds is 8. The van der Waals surface area contributed by atoms with Gasteiger partial charge in [0.15, 0.2) is 0 Å². The summed E-state index contributed by atoms with van der Waals surface area (Å²) in [5.74, 6) is -1.95. The van der Waals surface area contributed by atoms with Gasteiger partial charge in [0.05, 0.1) is 29.2 Å². The van der Waals surface area contributed by atoms with E-state index in [0.29, 0.717) is 13.1 Å². The molecule has 0 saturated carbocycles. The van der Waals surface area contributed by atoms with Crippen molar-refractivity contribution in [2.24, 2.45) is 17.8 Å². The maximum Gasteiger partial charge on any atom is 0.311 e. The second-order valence-corrected chi connectivity index (χ2v) is 11.2. The molecule has 4 aliphatic heterocycles. The molecule has 1 unspecified atom stereocenters. The van der Waals surface area contributed by atoms with Gasteiger partial charge in [-0.2, -0.15) is 0 Å². The second kappa shape index (κ2) is 9.82. The third kappa shape index (κ3) is 3.93. The average molecular weight is 477 g/mol. The third-order valence-corrected chi connectivity index (χ3v) is 9.56. The number of esters is 1. The van der Waals surface area contributed by atoms with Crippen LogP contribution in [0.5, 0.6) is 0 Å². The highest BCUT2D eigenvalue weighted by molar-refractivity contribution is 8.02. The number of thioether (sulfide) groups is 1. The fourth-order valence-corrected chi connectivity index (χ4v) is 7.87. The first kappa shape index (κ1) is 24.3. The van der Waals surface area contributed by atoms with E-state index in [9.17, 15) is 19.5 Å². The summed E-state index contributed by atoms with van der Waals surface area (Å²) < 4.78 is 4.56. The molecule has 4 aliphatic rings. The Kier molecular flexibility index (Phi) is 7.24. The van der Waals surface area contributed by atoms with Crippen molar-refractivity contribution in [1.29, 1.82) is 0 Å². The number of ether oxygens (including phenoxy) is 1. The molecule has 0 aromatic carbocycles. The summed E-state index contributed by atoms with van der Waals surface area (Å²) in [5, 5.41) is 10.1. The number of hydrogen-bond donors (Lipinski definition) is 1. The minimum absolute atomic E-state index is 0.0187. The van der Waals surface area contributed by atoms with Crippen LogP contribution in [0, 0.1) is 17.8 Å². The predicted molar refractivity (Wildman–Crippen MR) is 127 cm³/mol. The molecule has 33 heavy (non-hydrogen) atoms. The first-order chi connectivity index (χ1) is 15.9. The highest BCUT2D eigenvalue weighted by Gasteiger charge is 2.72. The molecule has 0 aliphatic carbocycles. The summed E-state index contributed by atoms with van der Waals surface area (Å²) in [4.78, 5) is 44.6. The van der Waals surface area contributed by atoms with Crippen molar-refractivity contribution >= 4 is 29.5 Å². The maximum atomic E-state index is 14.1. The summed E-state index contributed by atoms with van der Waals surface area (Å²) in [6.45, 7) is 7.29. The number of nitrogens with zero attached hydrogens (tertiary/aromatic N) is 2. The smallest absolute Gasteiger partial charge is 0.311 e. The molecule has 7 atom stereocenters. The van der Waals surface area contributed by atoms with E-state index in [2.05, 4.69) is 6.92 Å². The van der Waals surface area contributed by atoms with Crippen LogP contribution < -0.4 is 0 Å². The topological polar surface area (TPSA) is 87.2 Å². The summed E-state index contributed by atoms with van der Waals surface area (Å²) in [7, 11) is 0. The number of carbonyl (C=O) groups is 3. The second-order valence-electron chi connectivity index (χ2n) is 9.67. The Hall–Kier alpha value is -1.80. The Bertz CT molecular complexity index is 845. The molecule has 4 rings (SSSR count). The van der Waals surface area contributed by atoms with Crippen LogP contribution in [0.3, 0.4) is 0 Å². The molecule has 8 heteroatoms. The Morgan fingerprint density at radius 3 is 2.70 bits per heavy atom. The van der Waals surface area contributed by atoms with E-state index in [4.69, 9.17) is 4.74 Å². The molecule has 0 aromatic rings. The van der Waals surface area contributed by atoms with Crippen molar-refractivity contribution < 1.29 is 24.2 Å². The van der Waals surface area contributed by atoms with Gasteiger partial charge in [0.1, 0.15) is 12.6 Å². The van der Waals surface area contributed by atoms with Crippen LogP contribution in [-0.4, -0.2) is 81.1 Å². The van der Waals surface area contributed by atoms with E-state index in [1.54, 1.807) is 16.7 Å². The number of cyclic esters (lactones) is 1. The van der Waals surface area contributed by atoms with Crippen molar-refractivity contribution in [1.82, 2.24) is 9.80 Å². The Morgan fingerprint density at radius 1 is 1.21 bits per heavy atom. The van der Waals surface area contributed by atoms with Gasteiger partial charge in [-0.1, -0.05) is 64.3 Å². The van der Waals surface area contributed by atoms with Crippen LogP contribution in [0.25, 0.3) is 0 Å². The minimum atomic E-state index is -0.843. The van der Waals surface area contributed by atoms with Gasteiger partial charge in [-0.3, -0.25) is 14.4 Å². The Labute approximate surface area is 200 Å². The number of aliphatic hydroxyl groups is 1. The van der Waals surface area contributed by atoms with Crippen LogP contribution in [-0.2, 0) is 19.1 Å². The standard InChI is InChI=1S/C25H36N2O5S/c1-4-6-7-12-26-13-9-11-25-20(19-18(33-25)10-8-14-32-24(19)31)22(29)27(21(25)23(26)30)17(15-28)16(3)5-2/h8-11,16-21,28H,4-7,12-15H2,1-3H3/t16-,17-,18-,19+,20-,21?,25-/m0/s1. The maximum absolute atomic E-state index is 14.1. The van der Waals surface area contributed by atoms with Crippen molar-refractivity contribution in [3.63, 3.8) is 0 Å². The van der Waals surface area contributed by atoms with Crippen molar-refractivity contribution in [2.75, 3.05) is 26.3 Å². The van der Waals surface area contributed by atoms with Gasteiger partial charge in [0.25, 0.3) is 0 Å². The first-order valence-corrected chi connectivity index (χ1v) is 13.2. The summed E-state index contributed by atoms with van der Waals surface area (Å²) in [5.41, 5.74) is 0. The molecular weight excluding hydrogens is 440 g/mol. The van der Waals surface area contributed by atoms with E-state index in [1.165, 1.54) is 0 Å². The van der Waals surface area contributed by atoms with Gasteiger partial charge in [-0.05, 0) is 12.3 Å². The number of carbonyl (C=O) groups excluding carboxylic acids is 3. The van der Waals surface area contributed by atoms with Gasteiger partial charge in [0, 0.05) is 18.3 Å². The molecule has 2 fully saturated rings. The van der Waals surface area contributed by atoms with Gasteiger partial charge in [-0.15, -0.1) is 11.8 Å². The SMILES string of the molecule is CCCCCN1CC=C[C@]23S[C@H]4C=CCOC(=O)[C@H]4[C@H]2C(=O)N([C@@H](CO)[C@@H](C)CC)C3C1=O. The molecule has 0 aromatic heterocycles. The summed E-state index contributed by atoms with van der Waals surface area (Å²) >= 11 is 1.55. The van der Waals surface area contributed by atoms with Gasteiger partial charge >= 0.3 is 5.97 Å². The molecule has 182 valence electrons. The lowest BCUT2D eigenvalue weighted by Crippen LogP contribution is -2.57. The molecular formula is C25H36N2O5S. The lowest BCUT2D eigenvalue weighted by molar-refractivity contribution is -0.152. The monoisotopic (exact) mass is 476 g/mol. The van der Waals surface area contributed by atoms with E-state index in [0.717, 1.165) is 25.7 Å². The molecule has 0 radical (unpaired) electrons. The predicted octanol–water partition coefficient (Wildman–Crippen LogP) is 2.39. The third-order valence-electron chi connectivity index (χ3n) is 7.81. The number of amides is 2. The zero-order chi connectivity index (χ0) is 23.8. The number of aliphatic hydroxyl groups excluding tert-OH is 1. The molecule has 1 N–H and O–H groups in total. The van der Waals surface area contributed by atoms with Crippen LogP contribution in [0.2, 0.25) is 0 Å². The van der Waals surface area contributed by atoms with Crippen molar-refractivity contribution in [2.45, 2.75) is 68.5 Å². The van der Waals surface area contributed by atoms with Crippen LogP contribution in [0.1, 0.15) is 46.5 Å². The highest BCUT2D eigenvalue weighted by atomic mass is 32.2. The lowest BCUT2D eigenvalue weighted by atomic mass is 9.78. The largest absolute Gasteiger partial charge is 0.461 e. The fourth-order valence-electron chi connectivity index (χ4n) is 5.88. The number of unbranched alkanes of at least 4 members (excludes halogenated alkanes) is 2. The Morgan fingerprint density at radius 2 is 2.00 bits per heavy atom. The average Bonchev–Trinajstić information content (AvgIpc) is 3.11. The van der Waals surface area contributed by atoms with Crippen LogP contribution in [0.15, 0.2) is 24.3 Å². The summed E-state index contributed by atoms with van der Waals surface area (Å²) in [6, 6.07) is -1.21. The zero-order valence-electron chi connectivity index (χ0n) is 19.8. The first-order valence-electron chi connectivity index (χ1n) is 12.3. The minimum Gasteiger partial charge on any atom is -0.461 e. The van der Waals surface area contributed by atoms with Gasteiger partial charge in [0.2, 0.25) is 11.8 Å². The van der Waals surface area contributed by atoms with Crippen LogP contribution in [0.4, 0.5) is 0 Å². The van der Waals surface area contributed by atoms with Crippen molar-refractivity contribution in [3.05, 3.63) is 24.3 Å². The van der Waals surface area contributed by atoms with Gasteiger partial charge < -0.3 is 19.6 Å². The molecule has 2 amide bonds. The quantitative estimate of drug-likeness (QED) is 0.329. The summed E-state index contributed by atoms with van der Waals surface area (Å²) in [6.07, 6.45) is 11.6. The zero-order valence-corrected chi connectivity index (χ0v) is 20.6. The molecule has 0 bridgehead atoms. The Balaban J connectivity index is 1.80. The van der Waals surface area contributed by atoms with E-state index >= 15 is 0 Å². The normalized spacial score (nSPS) is 35.0. The number of likely N-dealkylation sites (tertiary alicyclic amines) is 1. The molecule has 7 nitrogen and oxygen atoms in total. The van der Waals surface area contributed by atoms with E-state index < -0.39 is 28.7 Å². The molecule has 2 saturated heterocycles.